The van der Waals surface area contributed by atoms with E-state index in [1.807, 2.05) is 43.5 Å². The zero-order valence-electron chi connectivity index (χ0n) is 14.3. The molecule has 2 N–H and O–H groups in total. The van der Waals surface area contributed by atoms with Crippen molar-refractivity contribution in [1.29, 1.82) is 0 Å². The molecule has 0 aliphatic heterocycles. The van der Waals surface area contributed by atoms with Crippen LogP contribution in [-0.2, 0) is 0 Å². The van der Waals surface area contributed by atoms with Gasteiger partial charge in [-0.1, -0.05) is 12.1 Å². The molecule has 1 aromatic carbocycles. The number of nitrogens with zero attached hydrogens (tertiary/aromatic N) is 3. The normalized spacial score (nSPS) is 12.0. The first-order valence-corrected chi connectivity index (χ1v) is 7.94. The molecule has 0 unspecified atom stereocenters. The van der Waals surface area contributed by atoms with E-state index in [0.717, 1.165) is 11.3 Å². The first kappa shape index (κ1) is 16.6. The minimum absolute atomic E-state index is 0.0996. The maximum absolute atomic E-state index is 12.6. The zero-order chi connectivity index (χ0) is 18.0. The number of benzene rings is 1. The van der Waals surface area contributed by atoms with Crippen molar-refractivity contribution in [2.45, 2.75) is 26.8 Å². The van der Waals surface area contributed by atoms with Crippen LogP contribution in [0.1, 0.15) is 40.1 Å². The van der Waals surface area contributed by atoms with Crippen LogP contribution in [0.5, 0.6) is 0 Å². The summed E-state index contributed by atoms with van der Waals surface area (Å²) in [6.07, 6.45) is 3.56. The lowest BCUT2D eigenvalue weighted by molar-refractivity contribution is 0.0937. The van der Waals surface area contributed by atoms with Crippen LogP contribution in [0, 0.1) is 13.8 Å². The van der Waals surface area contributed by atoms with Gasteiger partial charge in [0.1, 0.15) is 5.56 Å². The number of hydrogen-bond acceptors (Lipinski definition) is 4. The van der Waals surface area contributed by atoms with Gasteiger partial charge in [-0.2, -0.15) is 10.2 Å². The van der Waals surface area contributed by atoms with E-state index < -0.39 is 11.5 Å². The van der Waals surface area contributed by atoms with Gasteiger partial charge in [-0.25, -0.2) is 9.78 Å². The van der Waals surface area contributed by atoms with Gasteiger partial charge in [0, 0.05) is 12.4 Å². The Balaban J connectivity index is 1.85. The monoisotopic (exact) mass is 337 g/mol. The number of carbonyl (C=O) groups excluding carboxylic acids is 1. The quantitative estimate of drug-likeness (QED) is 0.762. The second-order valence-corrected chi connectivity index (χ2v) is 5.88. The molecule has 3 aromatic rings. The van der Waals surface area contributed by atoms with Crippen molar-refractivity contribution in [3.8, 4) is 5.69 Å². The fourth-order valence-electron chi connectivity index (χ4n) is 2.61. The summed E-state index contributed by atoms with van der Waals surface area (Å²) in [7, 11) is 0. The molecule has 0 saturated heterocycles. The van der Waals surface area contributed by atoms with E-state index in [1.165, 1.54) is 0 Å². The number of amides is 1. The minimum Gasteiger partial charge on any atom is -0.345 e. The Morgan fingerprint density at radius 1 is 1.28 bits per heavy atom. The van der Waals surface area contributed by atoms with Crippen molar-refractivity contribution in [1.82, 2.24) is 25.3 Å². The maximum Gasteiger partial charge on any atom is 0.277 e. The van der Waals surface area contributed by atoms with E-state index in [0.29, 0.717) is 11.3 Å². The topological polar surface area (TPSA) is 92.7 Å². The first-order valence-electron chi connectivity index (χ1n) is 7.94. The van der Waals surface area contributed by atoms with Crippen molar-refractivity contribution in [3.63, 3.8) is 0 Å². The smallest absolute Gasteiger partial charge is 0.277 e. The van der Waals surface area contributed by atoms with Crippen LogP contribution < -0.4 is 10.9 Å². The van der Waals surface area contributed by atoms with Crippen molar-refractivity contribution in [2.75, 3.05) is 0 Å². The SMILES string of the molecule is Cc1n[nH]c(=O)c(C(=O)N[C@H](C)c2cccc(-n3cccn3)c2)c1C. The summed E-state index contributed by atoms with van der Waals surface area (Å²) < 4.78 is 1.75. The van der Waals surface area contributed by atoms with Crippen LogP contribution in [0.4, 0.5) is 0 Å². The fraction of sp³-hybridized carbons (Fsp3) is 0.222. The summed E-state index contributed by atoms with van der Waals surface area (Å²) in [5.74, 6) is -0.416. The molecule has 25 heavy (non-hydrogen) atoms. The van der Waals surface area contributed by atoms with Gasteiger partial charge in [-0.15, -0.1) is 0 Å². The number of aromatic nitrogens is 4. The maximum atomic E-state index is 12.6. The Morgan fingerprint density at radius 3 is 2.80 bits per heavy atom. The van der Waals surface area contributed by atoms with Crippen molar-refractivity contribution < 1.29 is 4.79 Å². The molecule has 0 aliphatic carbocycles. The molecule has 1 atom stereocenters. The molecule has 0 saturated carbocycles. The fourth-order valence-corrected chi connectivity index (χ4v) is 2.61. The van der Waals surface area contributed by atoms with Gasteiger partial charge in [0.2, 0.25) is 0 Å². The summed E-state index contributed by atoms with van der Waals surface area (Å²) in [6.45, 7) is 5.34. The van der Waals surface area contributed by atoms with Crippen molar-refractivity contribution >= 4 is 5.91 Å². The highest BCUT2D eigenvalue weighted by atomic mass is 16.2. The van der Waals surface area contributed by atoms with Crippen LogP contribution >= 0.6 is 0 Å². The summed E-state index contributed by atoms with van der Waals surface area (Å²) in [5.41, 5.74) is 2.64. The second-order valence-electron chi connectivity index (χ2n) is 5.88. The molecule has 7 heteroatoms. The average Bonchev–Trinajstić information content (AvgIpc) is 3.13. The molecule has 0 fully saturated rings. The van der Waals surface area contributed by atoms with Crippen LogP contribution in [-0.4, -0.2) is 25.9 Å². The molecule has 0 spiro atoms. The van der Waals surface area contributed by atoms with E-state index in [2.05, 4.69) is 20.6 Å². The first-order chi connectivity index (χ1) is 12.0. The van der Waals surface area contributed by atoms with Crippen LogP contribution in [0.2, 0.25) is 0 Å². The molecule has 2 heterocycles. The van der Waals surface area contributed by atoms with Crippen molar-refractivity contribution in [3.05, 3.63) is 75.5 Å². The molecule has 0 bridgehead atoms. The second kappa shape index (κ2) is 6.72. The number of hydrogen-bond donors (Lipinski definition) is 2. The lowest BCUT2D eigenvalue weighted by atomic mass is 10.1. The Hall–Kier alpha value is -3.22. The minimum atomic E-state index is -0.488. The molecule has 0 aliphatic rings. The third kappa shape index (κ3) is 3.35. The molecular weight excluding hydrogens is 318 g/mol. The lowest BCUT2D eigenvalue weighted by Crippen LogP contribution is -2.33. The van der Waals surface area contributed by atoms with Gasteiger partial charge in [-0.05, 0) is 50.1 Å². The molecule has 0 radical (unpaired) electrons. The van der Waals surface area contributed by atoms with Crippen LogP contribution in [0.25, 0.3) is 5.69 Å². The molecule has 1 amide bonds. The standard InChI is InChI=1S/C18H19N5O2/c1-11-12(2)21-22-18(25)16(11)17(24)20-13(3)14-6-4-7-15(10-14)23-9-5-8-19-23/h4-10,13H,1-3H3,(H,20,24)(H,22,25)/t13-/m1/s1. The average molecular weight is 337 g/mol. The van der Waals surface area contributed by atoms with Crippen LogP contribution in [0.15, 0.2) is 47.5 Å². The third-order valence-corrected chi connectivity index (χ3v) is 4.18. The van der Waals surface area contributed by atoms with Crippen LogP contribution in [0.3, 0.4) is 0 Å². The highest BCUT2D eigenvalue weighted by molar-refractivity contribution is 5.95. The summed E-state index contributed by atoms with van der Waals surface area (Å²) in [4.78, 5) is 24.5. The van der Waals surface area contributed by atoms with E-state index in [9.17, 15) is 9.59 Å². The Kier molecular flexibility index (Phi) is 4.47. The Labute approximate surface area is 144 Å². The number of H-pyrrole nitrogens is 1. The molecule has 2 aromatic heterocycles. The molecular formula is C18H19N5O2. The predicted octanol–water partition coefficient (Wildman–Crippen LogP) is 2.06. The van der Waals surface area contributed by atoms with E-state index in [-0.39, 0.29) is 11.6 Å². The predicted molar refractivity (Wildman–Crippen MR) is 93.8 cm³/mol. The van der Waals surface area contributed by atoms with Gasteiger partial charge in [0.05, 0.1) is 17.4 Å². The summed E-state index contributed by atoms with van der Waals surface area (Å²) in [5, 5.41) is 13.3. The highest BCUT2D eigenvalue weighted by Gasteiger charge is 2.18. The summed E-state index contributed by atoms with van der Waals surface area (Å²) in [6, 6.07) is 9.30. The molecule has 7 nitrogen and oxygen atoms in total. The Morgan fingerprint density at radius 2 is 2.08 bits per heavy atom. The van der Waals surface area contributed by atoms with E-state index in [1.54, 1.807) is 24.7 Å². The number of carbonyl (C=O) groups is 1. The number of rotatable bonds is 4. The van der Waals surface area contributed by atoms with Gasteiger partial charge >= 0.3 is 0 Å². The van der Waals surface area contributed by atoms with Crippen molar-refractivity contribution in [2.24, 2.45) is 0 Å². The molecule has 128 valence electrons. The van der Waals surface area contributed by atoms with Gasteiger partial charge in [0.15, 0.2) is 0 Å². The van der Waals surface area contributed by atoms with E-state index in [4.69, 9.17) is 0 Å². The number of nitrogens with one attached hydrogen (secondary N) is 2. The van der Waals surface area contributed by atoms with E-state index >= 15 is 0 Å². The molecule has 3 rings (SSSR count). The Bertz CT molecular complexity index is 960. The largest absolute Gasteiger partial charge is 0.345 e. The lowest BCUT2D eigenvalue weighted by Gasteiger charge is -2.16. The highest BCUT2D eigenvalue weighted by Crippen LogP contribution is 2.17. The zero-order valence-corrected chi connectivity index (χ0v) is 14.3. The van der Waals surface area contributed by atoms with Gasteiger partial charge in [0.25, 0.3) is 11.5 Å². The summed E-state index contributed by atoms with van der Waals surface area (Å²) >= 11 is 0. The number of aryl methyl sites for hydroxylation is 1. The van der Waals surface area contributed by atoms with Gasteiger partial charge < -0.3 is 5.32 Å². The van der Waals surface area contributed by atoms with Gasteiger partial charge in [-0.3, -0.25) is 9.59 Å². The third-order valence-electron chi connectivity index (χ3n) is 4.18. The number of aromatic amines is 1.